The number of ether oxygens (including phenoxy) is 10. The molecule has 7 aliphatic rings. The molecule has 0 aromatic carbocycles. The Morgan fingerprint density at radius 2 is 0.468 bits per heavy atom. The first-order valence-corrected chi connectivity index (χ1v) is 23.5. The van der Waals surface area contributed by atoms with Gasteiger partial charge in [-0.2, -0.15) is 0 Å². The largest absolute Gasteiger partial charge is 0.506 e. The van der Waals surface area contributed by atoms with Crippen molar-refractivity contribution in [2.24, 2.45) is 0 Å². The maximum Gasteiger partial charge on any atom is 0.218 e. The quantitative estimate of drug-likeness (QED) is 0.0913. The van der Waals surface area contributed by atoms with Crippen molar-refractivity contribution >= 4 is 0 Å². The summed E-state index contributed by atoms with van der Waals surface area (Å²) in [7, 11) is 0. The number of aliphatic hydroxyl groups excluding tert-OH is 25. The van der Waals surface area contributed by atoms with E-state index < -0.39 is 260 Å². The summed E-state index contributed by atoms with van der Waals surface area (Å²) in [5.41, 5.74) is 0. The molecular formula is C42H70O35. The molecule has 0 aliphatic carbocycles. The molecular weight excluding hydrogens is 1060 g/mol. The van der Waals surface area contributed by atoms with E-state index in [9.17, 15) is 128 Å². The molecule has 23 atom stereocenters. The summed E-state index contributed by atoms with van der Waals surface area (Å²) in [6.07, 6.45) is -54.7. The topological polar surface area (TPSA) is 598 Å². The summed E-state index contributed by atoms with van der Waals surface area (Å²) in [6.45, 7) is -7.16. The summed E-state index contributed by atoms with van der Waals surface area (Å²) < 4.78 is 53.5. The highest BCUT2D eigenvalue weighted by Crippen LogP contribution is 2.34. The standard InChI is InChI=1S/C42H70O35/c43-5-1-12-19(50)26(57)36(64)69-13(2-6-44)20(51)28(59)38(66)76-34-17(10-48)74-42(32(63)24(34)55)77-35-18(11-49)73-41(31(62)25(35)56)71-15(4-8-46)22(53)29(60)39(67)75-33-16(9-47)72-40(30(61)23(33)54)70-14(3-7-45)21(52)27(58)37(65)68-12/h12-18,23-25,30-67H,1-11H2/b26-19+,27-21-,28-20-,29-22+. The lowest BCUT2D eigenvalue weighted by molar-refractivity contribution is -0.368. The van der Waals surface area contributed by atoms with Crippen LogP contribution in [0.25, 0.3) is 0 Å². The number of hydrogen-bond donors (Lipinski definition) is 25. The van der Waals surface area contributed by atoms with Gasteiger partial charge in [0.05, 0.1) is 19.8 Å². The maximum absolute atomic E-state index is 11.2. The van der Waals surface area contributed by atoms with Crippen LogP contribution in [-0.2, 0) is 47.4 Å². The molecule has 3 saturated heterocycles. The third-order valence-corrected chi connectivity index (χ3v) is 12.3. The lowest BCUT2D eigenvalue weighted by Gasteiger charge is -2.47. The van der Waals surface area contributed by atoms with E-state index in [-0.39, 0.29) is 0 Å². The molecule has 7 aliphatic heterocycles. The Kier molecular flexibility index (Phi) is 25.8. The minimum Gasteiger partial charge on any atom is -0.506 e. The SMILES string of the molecule is OCCC1OC(O)/C(O)=C(\O)C(CCO)OC(O)/C(O)=C(/O)C(CCO)OC2OC(CO)C(OC(O)/C(O)=C(\O)C(CCO)OC3OC(CO)C(OC4OC(CO)C(OC(O)/C(O)=C\1O)C(O)C4O)C(O)C3O)C(O)C2O. The summed E-state index contributed by atoms with van der Waals surface area (Å²) in [6, 6.07) is 0. The van der Waals surface area contributed by atoms with Crippen LogP contribution < -0.4 is 0 Å². The van der Waals surface area contributed by atoms with Crippen molar-refractivity contribution < 1.29 is 175 Å². The van der Waals surface area contributed by atoms with Gasteiger partial charge in [0.25, 0.3) is 0 Å². The number of hydrogen-bond acceptors (Lipinski definition) is 35. The van der Waals surface area contributed by atoms with Crippen LogP contribution in [0.15, 0.2) is 46.1 Å². The van der Waals surface area contributed by atoms with E-state index in [4.69, 9.17) is 47.4 Å². The minimum atomic E-state index is -2.82. The van der Waals surface area contributed by atoms with Gasteiger partial charge in [-0.25, -0.2) is 0 Å². The van der Waals surface area contributed by atoms with Gasteiger partial charge in [-0.3, -0.25) is 0 Å². The van der Waals surface area contributed by atoms with Gasteiger partial charge in [0.2, 0.25) is 25.2 Å². The molecule has 23 unspecified atom stereocenters. The molecule has 0 radical (unpaired) electrons. The van der Waals surface area contributed by atoms with E-state index in [1.807, 2.05) is 0 Å². The highest BCUT2D eigenvalue weighted by Gasteiger charge is 2.53. The highest BCUT2D eigenvalue weighted by molar-refractivity contribution is 5.13. The highest BCUT2D eigenvalue weighted by atomic mass is 16.8. The summed E-state index contributed by atoms with van der Waals surface area (Å²) in [5, 5.41) is 266. The monoisotopic (exact) mass is 1130 g/mol. The smallest absolute Gasteiger partial charge is 0.218 e. The van der Waals surface area contributed by atoms with E-state index in [1.165, 1.54) is 0 Å². The fourth-order valence-electron chi connectivity index (χ4n) is 8.06. The molecule has 3 fully saturated rings. The molecule has 7 heterocycles. The van der Waals surface area contributed by atoms with Gasteiger partial charge in [0.15, 0.2) is 64.9 Å². The minimum absolute atomic E-state index is 0.712. The summed E-state index contributed by atoms with van der Waals surface area (Å²) >= 11 is 0. The van der Waals surface area contributed by atoms with E-state index in [0.717, 1.165) is 0 Å². The Hall–Kier alpha value is -3.72. The molecule has 0 aromatic rings. The third kappa shape index (κ3) is 15.8. The predicted octanol–water partition coefficient (Wildman–Crippen LogP) is -8.87. The zero-order valence-corrected chi connectivity index (χ0v) is 40.3. The summed E-state index contributed by atoms with van der Waals surface area (Å²) in [5.74, 6) is -12.2. The Balaban J connectivity index is 1.79. The lowest BCUT2D eigenvalue weighted by atomic mass is 9.96. The van der Waals surface area contributed by atoms with Gasteiger partial charge in [-0.15, -0.1) is 0 Å². The molecule has 35 heteroatoms. The van der Waals surface area contributed by atoms with Crippen LogP contribution in [0.2, 0.25) is 0 Å². The Morgan fingerprint density at radius 1 is 0.247 bits per heavy atom. The zero-order chi connectivity index (χ0) is 57.7. The van der Waals surface area contributed by atoms with Crippen molar-refractivity contribution in [3.63, 3.8) is 0 Å². The van der Waals surface area contributed by atoms with Crippen LogP contribution in [-0.4, -0.2) is 316 Å². The van der Waals surface area contributed by atoms with Gasteiger partial charge >= 0.3 is 0 Å². The van der Waals surface area contributed by atoms with Crippen LogP contribution in [0, 0.1) is 0 Å². The Morgan fingerprint density at radius 3 is 0.714 bits per heavy atom. The van der Waals surface area contributed by atoms with Crippen molar-refractivity contribution in [2.75, 3.05) is 46.2 Å². The van der Waals surface area contributed by atoms with Crippen LogP contribution in [0.4, 0.5) is 0 Å². The number of fused-ring (bicyclic) bond motifs is 3. The fourth-order valence-corrected chi connectivity index (χ4v) is 8.06. The molecule has 0 aromatic heterocycles. The van der Waals surface area contributed by atoms with Crippen LogP contribution in [0.3, 0.4) is 0 Å². The van der Waals surface area contributed by atoms with Crippen molar-refractivity contribution in [1.29, 1.82) is 0 Å². The average Bonchev–Trinajstić information content (AvgIpc) is 3.41. The first-order chi connectivity index (χ1) is 36.4. The molecule has 35 nitrogen and oxygen atoms in total. The first-order valence-electron chi connectivity index (χ1n) is 23.5. The Labute approximate surface area is 434 Å². The number of aliphatic hydroxyl groups is 25. The molecule has 6 bridgehead atoms. The molecule has 0 amide bonds. The van der Waals surface area contributed by atoms with Gasteiger partial charge < -0.3 is 175 Å². The van der Waals surface area contributed by atoms with Crippen LogP contribution >= 0.6 is 0 Å². The van der Waals surface area contributed by atoms with Gasteiger partial charge in [0.1, 0.15) is 97.7 Å². The van der Waals surface area contributed by atoms with E-state index >= 15 is 0 Å². The average molecular weight is 1130 g/mol. The second-order valence-corrected chi connectivity index (χ2v) is 17.5. The first kappa shape index (κ1) is 65.8. The van der Waals surface area contributed by atoms with Gasteiger partial charge in [-0.05, 0) is 0 Å². The van der Waals surface area contributed by atoms with Crippen LogP contribution in [0.5, 0.6) is 0 Å². The van der Waals surface area contributed by atoms with Crippen molar-refractivity contribution in [3.8, 4) is 0 Å². The molecule has 0 saturated carbocycles. The molecule has 7 rings (SSSR count). The molecule has 25 N–H and O–H groups in total. The Bertz CT molecular complexity index is 1930. The number of rotatable bonds is 11. The lowest BCUT2D eigenvalue weighted by Crippen LogP contribution is -2.65. The predicted molar refractivity (Wildman–Crippen MR) is 237 cm³/mol. The van der Waals surface area contributed by atoms with E-state index in [0.29, 0.717) is 0 Å². The van der Waals surface area contributed by atoms with E-state index in [2.05, 4.69) is 0 Å². The van der Waals surface area contributed by atoms with Crippen molar-refractivity contribution in [3.05, 3.63) is 46.1 Å². The zero-order valence-electron chi connectivity index (χ0n) is 40.3. The van der Waals surface area contributed by atoms with Gasteiger partial charge in [-0.1, -0.05) is 0 Å². The third-order valence-electron chi connectivity index (χ3n) is 12.3. The fraction of sp³-hybridized carbons (Fsp3) is 0.810. The van der Waals surface area contributed by atoms with Crippen molar-refractivity contribution in [2.45, 2.75) is 167 Å². The molecule has 448 valence electrons. The molecule has 0 spiro atoms. The maximum atomic E-state index is 11.2. The second-order valence-electron chi connectivity index (χ2n) is 17.5. The molecule has 77 heavy (non-hydrogen) atoms. The van der Waals surface area contributed by atoms with E-state index in [1.54, 1.807) is 0 Å². The normalized spacial score (nSPS) is 45.4. The van der Waals surface area contributed by atoms with Crippen LogP contribution in [0.1, 0.15) is 25.7 Å². The second kappa shape index (κ2) is 30.2. The summed E-state index contributed by atoms with van der Waals surface area (Å²) in [4.78, 5) is 0. The van der Waals surface area contributed by atoms with Gasteiger partial charge in [0, 0.05) is 52.1 Å². The van der Waals surface area contributed by atoms with Crippen molar-refractivity contribution in [1.82, 2.24) is 0 Å².